The monoisotopic (exact) mass is 679 g/mol. The van der Waals surface area contributed by atoms with Gasteiger partial charge in [0.25, 0.3) is 0 Å². The smallest absolute Gasteiger partial charge is 0.0468 e. The number of fused-ring (bicyclic) bond motifs is 13. The second-order valence-electron chi connectivity index (χ2n) is 15.6. The van der Waals surface area contributed by atoms with E-state index >= 15 is 0 Å². The third-order valence-corrected chi connectivity index (χ3v) is 11.7. The summed E-state index contributed by atoms with van der Waals surface area (Å²) in [4.78, 5) is 2.41. The van der Waals surface area contributed by atoms with Gasteiger partial charge in [-0.15, -0.1) is 0 Å². The maximum Gasteiger partial charge on any atom is 0.0468 e. The number of hydrogen-bond donors (Lipinski definition) is 0. The molecule has 0 N–H and O–H groups in total. The van der Waals surface area contributed by atoms with Gasteiger partial charge in [0.2, 0.25) is 0 Å². The summed E-state index contributed by atoms with van der Waals surface area (Å²) in [5.74, 6) is 0. The van der Waals surface area contributed by atoms with Crippen LogP contribution in [0.25, 0.3) is 65.3 Å². The molecule has 0 saturated carbocycles. The van der Waals surface area contributed by atoms with E-state index < -0.39 is 0 Å². The Bertz CT molecular complexity index is 2920. The fraction of sp³-hybridized carbons (Fsp3) is 0.115. The van der Waals surface area contributed by atoms with E-state index in [9.17, 15) is 0 Å². The fourth-order valence-electron chi connectivity index (χ4n) is 9.34. The van der Waals surface area contributed by atoms with Crippen molar-refractivity contribution in [2.24, 2.45) is 0 Å². The zero-order valence-electron chi connectivity index (χ0n) is 31.0. The molecule has 0 saturated heterocycles. The summed E-state index contributed by atoms with van der Waals surface area (Å²) in [6, 6.07) is 59.1. The van der Waals surface area contributed by atoms with Gasteiger partial charge in [-0.05, 0) is 151 Å². The second kappa shape index (κ2) is 11.7. The van der Waals surface area contributed by atoms with Gasteiger partial charge < -0.3 is 4.90 Å². The maximum absolute atomic E-state index is 2.46. The minimum atomic E-state index is -0.212. The lowest BCUT2D eigenvalue weighted by Crippen LogP contribution is -2.16. The molecule has 9 aromatic rings. The molecule has 9 aromatic carbocycles. The number of anilines is 3. The number of rotatable bonds is 4. The second-order valence-corrected chi connectivity index (χ2v) is 15.6. The maximum atomic E-state index is 2.46. The van der Waals surface area contributed by atoms with Crippen LogP contribution in [0.1, 0.15) is 41.7 Å². The van der Waals surface area contributed by atoms with E-state index in [0.29, 0.717) is 0 Å². The predicted molar refractivity (Wildman–Crippen MR) is 228 cm³/mol. The largest absolute Gasteiger partial charge is 0.310 e. The fourth-order valence-corrected chi connectivity index (χ4v) is 9.34. The van der Waals surface area contributed by atoms with E-state index in [1.807, 2.05) is 0 Å². The molecule has 1 aliphatic rings. The van der Waals surface area contributed by atoms with Gasteiger partial charge in [0.15, 0.2) is 0 Å². The van der Waals surface area contributed by atoms with E-state index in [0.717, 1.165) is 17.1 Å². The summed E-state index contributed by atoms with van der Waals surface area (Å²) < 4.78 is 0. The van der Waals surface area contributed by atoms with Crippen molar-refractivity contribution in [3.8, 4) is 22.3 Å². The average Bonchev–Trinajstić information content (AvgIpc) is 3.41. The van der Waals surface area contributed by atoms with Crippen LogP contribution in [0.5, 0.6) is 0 Å². The van der Waals surface area contributed by atoms with Crippen molar-refractivity contribution >= 4 is 60.2 Å². The standard InChI is InChI=1S/C52H41N/c1-32-13-10-16-35(27-32)36-23-25-45-47(30-36)52(4,5)51-49(45)43-22-9-8-21-42(43)48-44-26-24-39(31-46(44)40-19-6-7-20-41(40)50(48)51)53(37-17-11-14-33(2)28-37)38-18-12-15-34(3)29-38/h6-31H,1-5H3. The minimum Gasteiger partial charge on any atom is -0.310 e. The Morgan fingerprint density at radius 2 is 0.943 bits per heavy atom. The molecule has 1 nitrogen and oxygen atoms in total. The van der Waals surface area contributed by atoms with Crippen molar-refractivity contribution in [2.75, 3.05) is 4.90 Å². The van der Waals surface area contributed by atoms with Crippen LogP contribution in [0, 0.1) is 20.8 Å². The van der Waals surface area contributed by atoms with Gasteiger partial charge in [0.1, 0.15) is 0 Å². The Balaban J connectivity index is 1.30. The van der Waals surface area contributed by atoms with Gasteiger partial charge in [-0.3, -0.25) is 0 Å². The van der Waals surface area contributed by atoms with Gasteiger partial charge in [0, 0.05) is 22.5 Å². The van der Waals surface area contributed by atoms with Crippen molar-refractivity contribution in [2.45, 2.75) is 40.0 Å². The summed E-state index contributed by atoms with van der Waals surface area (Å²) >= 11 is 0. The quantitative estimate of drug-likeness (QED) is 0.167. The molecule has 0 radical (unpaired) electrons. The van der Waals surface area contributed by atoms with Crippen molar-refractivity contribution in [1.29, 1.82) is 0 Å². The summed E-state index contributed by atoms with van der Waals surface area (Å²) in [7, 11) is 0. The molecule has 1 aliphatic carbocycles. The number of nitrogens with zero attached hydrogens (tertiary/aromatic N) is 1. The first-order chi connectivity index (χ1) is 25.8. The van der Waals surface area contributed by atoms with Crippen LogP contribution in [-0.2, 0) is 5.41 Å². The topological polar surface area (TPSA) is 3.24 Å². The molecule has 0 amide bonds. The van der Waals surface area contributed by atoms with E-state index in [-0.39, 0.29) is 5.41 Å². The van der Waals surface area contributed by atoms with E-state index in [4.69, 9.17) is 0 Å². The Hall–Kier alpha value is -6.18. The minimum absolute atomic E-state index is 0.212. The summed E-state index contributed by atoms with van der Waals surface area (Å²) in [6.45, 7) is 11.4. The van der Waals surface area contributed by atoms with E-state index in [1.54, 1.807) is 0 Å². The average molecular weight is 680 g/mol. The van der Waals surface area contributed by atoms with Gasteiger partial charge in [0.05, 0.1) is 0 Å². The van der Waals surface area contributed by atoms with Gasteiger partial charge in [-0.2, -0.15) is 0 Å². The van der Waals surface area contributed by atoms with Crippen molar-refractivity contribution in [3.63, 3.8) is 0 Å². The molecule has 0 bridgehead atoms. The van der Waals surface area contributed by atoms with Crippen LogP contribution in [0.2, 0.25) is 0 Å². The highest BCUT2D eigenvalue weighted by molar-refractivity contribution is 6.35. The number of benzene rings is 9. The van der Waals surface area contributed by atoms with Gasteiger partial charge in [-0.25, -0.2) is 0 Å². The van der Waals surface area contributed by atoms with Crippen LogP contribution < -0.4 is 4.90 Å². The molecule has 0 atom stereocenters. The Morgan fingerprint density at radius 3 is 1.60 bits per heavy atom. The Kier molecular flexibility index (Phi) is 6.94. The zero-order chi connectivity index (χ0) is 36.0. The normalized spacial score (nSPS) is 13.2. The number of hydrogen-bond acceptors (Lipinski definition) is 1. The molecule has 0 fully saturated rings. The molecule has 1 heteroatoms. The van der Waals surface area contributed by atoms with Crippen LogP contribution in [0.3, 0.4) is 0 Å². The predicted octanol–water partition coefficient (Wildman–Crippen LogP) is 14.7. The highest BCUT2D eigenvalue weighted by atomic mass is 15.1. The SMILES string of the molecule is Cc1cccc(-c2ccc3c(c2)C(C)(C)c2c-3c3ccccc3c3c4ccc(N(c5cccc(C)c5)c5cccc(C)c5)cc4c4ccccc4c23)c1. The first-order valence-electron chi connectivity index (χ1n) is 18.8. The first kappa shape index (κ1) is 31.5. The van der Waals surface area contributed by atoms with Crippen LogP contribution in [-0.4, -0.2) is 0 Å². The Morgan fingerprint density at radius 1 is 0.396 bits per heavy atom. The molecular formula is C52H41N. The molecule has 0 unspecified atom stereocenters. The van der Waals surface area contributed by atoms with Crippen LogP contribution in [0.15, 0.2) is 158 Å². The first-order valence-corrected chi connectivity index (χ1v) is 18.8. The van der Waals surface area contributed by atoms with Crippen LogP contribution >= 0.6 is 0 Å². The molecule has 53 heavy (non-hydrogen) atoms. The molecule has 0 heterocycles. The third kappa shape index (κ3) is 4.77. The van der Waals surface area contributed by atoms with Gasteiger partial charge >= 0.3 is 0 Å². The lowest BCUT2D eigenvalue weighted by Gasteiger charge is -2.28. The highest BCUT2D eigenvalue weighted by Crippen LogP contribution is 2.57. The molecule has 0 aliphatic heterocycles. The molecule has 10 rings (SSSR count). The number of aryl methyl sites for hydroxylation is 3. The highest BCUT2D eigenvalue weighted by Gasteiger charge is 2.39. The Labute approximate surface area is 311 Å². The summed E-state index contributed by atoms with van der Waals surface area (Å²) in [5, 5.41) is 10.5. The van der Waals surface area contributed by atoms with E-state index in [1.165, 1.54) is 93.2 Å². The summed E-state index contributed by atoms with van der Waals surface area (Å²) in [6.07, 6.45) is 0. The molecule has 254 valence electrons. The third-order valence-electron chi connectivity index (χ3n) is 11.7. The molecule has 0 aromatic heterocycles. The van der Waals surface area contributed by atoms with Crippen molar-refractivity contribution in [1.82, 2.24) is 0 Å². The molecule has 0 spiro atoms. The zero-order valence-corrected chi connectivity index (χ0v) is 31.0. The lowest BCUT2D eigenvalue weighted by atomic mass is 9.77. The molecular weight excluding hydrogens is 639 g/mol. The van der Waals surface area contributed by atoms with Crippen molar-refractivity contribution < 1.29 is 0 Å². The summed E-state index contributed by atoms with van der Waals surface area (Å²) in [5.41, 5.74) is 15.1. The van der Waals surface area contributed by atoms with Crippen LogP contribution in [0.4, 0.5) is 17.1 Å². The van der Waals surface area contributed by atoms with E-state index in [2.05, 4.69) is 197 Å². The van der Waals surface area contributed by atoms with Crippen molar-refractivity contribution in [3.05, 3.63) is 186 Å². The lowest BCUT2D eigenvalue weighted by molar-refractivity contribution is 0.667. The van der Waals surface area contributed by atoms with Gasteiger partial charge in [-0.1, -0.05) is 135 Å².